The van der Waals surface area contributed by atoms with Gasteiger partial charge in [-0.1, -0.05) is 92.7 Å². The number of amides is 11. The molecular formula is C68H92N18O15S2. The number of H-pyrrole nitrogens is 2. The third kappa shape index (κ3) is 25.5. The maximum atomic E-state index is 15.1. The topological polar surface area (TPSA) is 521 Å². The van der Waals surface area contributed by atoms with Crippen LogP contribution in [-0.2, 0) is 88.0 Å². The Bertz CT molecular complexity index is 3790. The molecule has 5 aromatic rings. The van der Waals surface area contributed by atoms with Crippen molar-refractivity contribution < 1.29 is 72.5 Å². The lowest BCUT2D eigenvalue weighted by atomic mass is 10.0. The number of fused-ring (bicyclic) bond motifs is 1. The first-order valence-corrected chi connectivity index (χ1v) is 34.7. The second-order valence-corrected chi connectivity index (χ2v) is 26.1. The van der Waals surface area contributed by atoms with E-state index in [0.717, 1.165) is 6.92 Å². The van der Waals surface area contributed by atoms with E-state index in [4.69, 9.17) is 17.2 Å². The van der Waals surface area contributed by atoms with Gasteiger partial charge in [-0.15, -0.1) is 0 Å². The van der Waals surface area contributed by atoms with Crippen molar-refractivity contribution in [3.63, 3.8) is 0 Å². The summed E-state index contributed by atoms with van der Waals surface area (Å²) in [7, 11) is 0. The van der Waals surface area contributed by atoms with E-state index in [1.165, 1.54) is 24.3 Å². The maximum Gasteiger partial charge on any atom is 0.325 e. The van der Waals surface area contributed by atoms with E-state index >= 15 is 9.59 Å². The number of carboxylic acid groups (broad SMARTS) is 2. The Hall–Kier alpha value is -10.5. The molecule has 0 bridgehead atoms. The molecule has 0 saturated carbocycles. The molecule has 0 aliphatic carbocycles. The second kappa shape index (κ2) is 40.2. The fraction of sp³-hybridized carbons (Fsp3) is 0.456. The quantitative estimate of drug-likeness (QED) is 0.00863. The zero-order chi connectivity index (χ0) is 75.4. The van der Waals surface area contributed by atoms with Crippen molar-refractivity contribution in [2.75, 3.05) is 24.6 Å². The fourth-order valence-corrected chi connectivity index (χ4v) is 11.8. The Morgan fingerprint density at radius 1 is 0.573 bits per heavy atom. The van der Waals surface area contributed by atoms with Gasteiger partial charge in [-0.05, 0) is 74.6 Å². The third-order valence-electron chi connectivity index (χ3n) is 16.8. The van der Waals surface area contributed by atoms with Gasteiger partial charge in [0.2, 0.25) is 65.0 Å². The first-order valence-electron chi connectivity index (χ1n) is 33.5. The molecule has 35 heteroatoms. The third-order valence-corrected chi connectivity index (χ3v) is 17.5. The number of thiol groups is 2. The Morgan fingerprint density at radius 2 is 1.07 bits per heavy atom. The standard InChI is InChI=1S/C68H92N18O15S2/c1-36(2)25-47(80-57(90)44(69)29-42-32-72-35-75-42)60(93)84-52(33-102)63(96)82-48(26-39-15-7-5-8-16-39)58(91)76-37(3)56(89)79-50(28-41-31-74-45-20-12-11-19-43(41)45)62(95)81-49(27-40-17-9-6-10-18-40)61(94)78-46(21-13-23-73-68(70)71)66(99)86-24-14-22-54(86)65(98)85-53(34-103)64(97)83-51(30-55(87)88)59(92)77-38(4)67(100)101/h5-12,15-20,31-32,35-38,44,46-54,74,102-103H,13-14,21-30,33-34,69H2,1-4H3,(H,72,75)(H,76,91)(H,77,92)(H,78,94)(H,79,89)(H,80,90)(H,81,95)(H,82,96)(H,83,97)(H,84,93)(H,85,98)(H,87,88)(H,100,101)(H4,70,71,73). The summed E-state index contributed by atoms with van der Waals surface area (Å²) in [5.41, 5.74) is 20.4. The Labute approximate surface area is 605 Å². The van der Waals surface area contributed by atoms with Crippen molar-refractivity contribution in [2.45, 2.75) is 164 Å². The van der Waals surface area contributed by atoms with Crippen molar-refractivity contribution in [1.82, 2.24) is 73.0 Å². The van der Waals surface area contributed by atoms with Crippen LogP contribution in [0.15, 0.2) is 109 Å². The molecule has 12 unspecified atom stereocenters. The summed E-state index contributed by atoms with van der Waals surface area (Å²) >= 11 is 8.56. The summed E-state index contributed by atoms with van der Waals surface area (Å²) in [4.78, 5) is 195. The van der Waals surface area contributed by atoms with E-state index in [1.807, 2.05) is 13.8 Å². The number of aromatic nitrogens is 3. The molecule has 1 aliphatic rings. The van der Waals surface area contributed by atoms with Crippen LogP contribution in [-0.4, -0.2) is 210 Å². The molecule has 0 radical (unpaired) electrons. The Balaban J connectivity index is 1.23. The van der Waals surface area contributed by atoms with Gasteiger partial charge in [-0.25, -0.2) is 4.98 Å². The van der Waals surface area contributed by atoms with Gasteiger partial charge in [-0.2, -0.15) is 25.3 Å². The molecule has 1 saturated heterocycles. The molecule has 1 aliphatic heterocycles. The number of aromatic amines is 2. The highest BCUT2D eigenvalue weighted by atomic mass is 32.1. The van der Waals surface area contributed by atoms with Crippen LogP contribution < -0.4 is 70.4 Å². The highest BCUT2D eigenvalue weighted by molar-refractivity contribution is 7.80. The molecule has 0 spiro atoms. The normalized spacial score (nSPS) is 15.8. The van der Waals surface area contributed by atoms with Crippen LogP contribution in [0.3, 0.4) is 0 Å². The van der Waals surface area contributed by atoms with Crippen LogP contribution >= 0.6 is 25.3 Å². The predicted octanol–water partition coefficient (Wildman–Crippen LogP) is -2.11. The molecule has 556 valence electrons. The lowest BCUT2D eigenvalue weighted by Crippen LogP contribution is -2.61. The average Bonchev–Trinajstić information content (AvgIpc) is 1.76. The van der Waals surface area contributed by atoms with Crippen molar-refractivity contribution >= 4 is 119 Å². The Kier molecular flexibility index (Phi) is 31.8. The highest BCUT2D eigenvalue weighted by Crippen LogP contribution is 2.23. The number of aliphatic carboxylic acids is 2. The van der Waals surface area contributed by atoms with Gasteiger partial charge in [0.05, 0.1) is 18.8 Å². The van der Waals surface area contributed by atoms with Gasteiger partial charge >= 0.3 is 11.9 Å². The number of imidazole rings is 1. The number of nitrogens with one attached hydrogen (secondary N) is 12. The van der Waals surface area contributed by atoms with E-state index in [0.29, 0.717) is 33.3 Å². The van der Waals surface area contributed by atoms with Gasteiger partial charge in [0.15, 0.2) is 5.96 Å². The van der Waals surface area contributed by atoms with E-state index in [-0.39, 0.29) is 94.3 Å². The summed E-state index contributed by atoms with van der Waals surface area (Å²) in [6, 6.07) is 7.61. The number of para-hydroxylation sites is 1. The lowest BCUT2D eigenvalue weighted by Gasteiger charge is -2.31. The largest absolute Gasteiger partial charge is 0.481 e. The van der Waals surface area contributed by atoms with Crippen LogP contribution in [0, 0.1) is 5.92 Å². The monoisotopic (exact) mass is 1460 g/mol. The zero-order valence-corrected chi connectivity index (χ0v) is 59.2. The van der Waals surface area contributed by atoms with Gasteiger partial charge < -0.3 is 95.4 Å². The molecule has 12 atom stereocenters. The number of aliphatic imine (C=N–C) groups is 1. The summed E-state index contributed by atoms with van der Waals surface area (Å²) in [5.74, 6) is -13.4. The van der Waals surface area contributed by atoms with Crippen LogP contribution in [0.1, 0.15) is 88.6 Å². The molecule has 103 heavy (non-hydrogen) atoms. The Morgan fingerprint density at radius 3 is 1.63 bits per heavy atom. The van der Waals surface area contributed by atoms with Gasteiger partial charge in [0.25, 0.3) is 0 Å². The van der Waals surface area contributed by atoms with Crippen molar-refractivity contribution in [3.05, 3.63) is 126 Å². The number of likely N-dealkylation sites (tertiary alicyclic amines) is 1. The first-order chi connectivity index (χ1) is 49.0. The van der Waals surface area contributed by atoms with E-state index in [1.54, 1.807) is 91.1 Å². The molecule has 33 nitrogen and oxygen atoms in total. The number of nitrogens with two attached hydrogens (primary N) is 3. The predicted molar refractivity (Wildman–Crippen MR) is 385 cm³/mol. The minimum Gasteiger partial charge on any atom is -0.481 e. The van der Waals surface area contributed by atoms with Crippen molar-refractivity contribution in [3.8, 4) is 0 Å². The first kappa shape index (κ1) is 81.4. The number of guanidine groups is 1. The summed E-state index contributed by atoms with van der Waals surface area (Å²) in [6.07, 6.45) is 3.78. The molecule has 3 heterocycles. The average molecular weight is 1470 g/mol. The lowest BCUT2D eigenvalue weighted by molar-refractivity contribution is -0.143. The fourth-order valence-electron chi connectivity index (χ4n) is 11.3. The maximum absolute atomic E-state index is 15.1. The molecular weight excluding hydrogens is 1370 g/mol. The number of carboxylic acids is 2. The van der Waals surface area contributed by atoms with E-state index < -0.39 is 156 Å². The minimum absolute atomic E-state index is 0.00848. The smallest absolute Gasteiger partial charge is 0.325 e. The van der Waals surface area contributed by atoms with Crippen molar-refractivity contribution in [2.24, 2.45) is 28.1 Å². The minimum atomic E-state index is -1.77. The molecule has 11 amide bonds. The number of nitrogens with zero attached hydrogens (tertiary/aromatic N) is 3. The van der Waals surface area contributed by atoms with Crippen LogP contribution in [0.25, 0.3) is 10.9 Å². The highest BCUT2D eigenvalue weighted by Gasteiger charge is 2.41. The van der Waals surface area contributed by atoms with Crippen LogP contribution in [0.5, 0.6) is 0 Å². The summed E-state index contributed by atoms with van der Waals surface area (Å²) in [5, 5.41) is 45.4. The zero-order valence-electron chi connectivity index (χ0n) is 57.4. The molecule has 3 aromatic carbocycles. The number of carbonyl (C=O) groups excluding carboxylic acids is 11. The summed E-state index contributed by atoms with van der Waals surface area (Å²) < 4.78 is 0. The number of hydrogen-bond acceptors (Lipinski definition) is 18. The van der Waals surface area contributed by atoms with Gasteiger partial charge in [0, 0.05) is 79.3 Å². The SMILES string of the molecule is CC(C)CC(NC(=O)C(N)Cc1cnc[nH]1)C(=O)NC(CS)C(=O)NC(Cc1ccccc1)C(=O)NC(C)C(=O)NC(Cc1c[nH]c2ccccc12)C(=O)NC(Cc1ccccc1)C(=O)NC(CCCN=C(N)N)C(=O)N1CCCC1C(=O)NC(CS)C(=O)NC(CC(=O)O)C(=O)NC(C)C(=O)O. The number of hydrogen-bond donors (Lipinski definition) is 19. The number of rotatable bonds is 40. The van der Waals surface area contributed by atoms with Crippen molar-refractivity contribution in [1.29, 1.82) is 0 Å². The van der Waals surface area contributed by atoms with E-state index in [2.05, 4.69) is 98.4 Å². The number of benzene rings is 3. The van der Waals surface area contributed by atoms with Gasteiger partial charge in [0.1, 0.15) is 66.5 Å². The van der Waals surface area contributed by atoms with Crippen LogP contribution in [0.2, 0.25) is 0 Å². The molecule has 1 fully saturated rings. The van der Waals surface area contributed by atoms with Gasteiger partial charge in [-0.3, -0.25) is 67.3 Å². The summed E-state index contributed by atoms with van der Waals surface area (Å²) in [6.45, 7) is 6.14. The number of carbonyl (C=O) groups is 13. The molecule has 20 N–H and O–H groups in total. The molecule has 2 aromatic heterocycles. The van der Waals surface area contributed by atoms with E-state index in [9.17, 15) is 63.0 Å². The van der Waals surface area contributed by atoms with Crippen LogP contribution in [0.4, 0.5) is 0 Å². The second-order valence-electron chi connectivity index (χ2n) is 25.3. The molecule has 6 rings (SSSR count).